The molecule has 6 rings (SSSR count). The normalized spacial score (nSPS) is 26.8. The number of hydrogen-bond acceptors (Lipinski definition) is 4. The predicted molar refractivity (Wildman–Crippen MR) is 130 cm³/mol. The summed E-state index contributed by atoms with van der Waals surface area (Å²) in [5.74, 6) is 0.0898. The molecule has 4 heterocycles. The van der Waals surface area contributed by atoms with E-state index in [0.717, 1.165) is 24.1 Å². The quantitative estimate of drug-likeness (QED) is 0.610. The molecule has 3 aliphatic heterocycles. The van der Waals surface area contributed by atoms with Gasteiger partial charge >= 0.3 is 6.03 Å². The SMILES string of the molecule is O=C1NC2=CCCC=C2C2(CCN(c3cc(C(=O)N4CCC5C=C(F)C=CC54)cc(=O)[nH]3)CC2)N1. The number of carbonyl (C=O) groups is 2. The smallest absolute Gasteiger partial charge is 0.319 e. The second kappa shape index (κ2) is 8.25. The van der Waals surface area contributed by atoms with Gasteiger partial charge in [-0.3, -0.25) is 9.59 Å². The highest BCUT2D eigenvalue weighted by Gasteiger charge is 2.44. The average molecular weight is 478 g/mol. The van der Waals surface area contributed by atoms with Crippen LogP contribution in [0.1, 0.15) is 42.5 Å². The van der Waals surface area contributed by atoms with Crippen molar-refractivity contribution in [3.05, 3.63) is 75.5 Å². The first-order valence-corrected chi connectivity index (χ1v) is 12.3. The number of aromatic amines is 1. The minimum absolute atomic E-state index is 0.0306. The zero-order valence-corrected chi connectivity index (χ0v) is 19.4. The lowest BCUT2D eigenvalue weighted by Crippen LogP contribution is -2.63. The van der Waals surface area contributed by atoms with Gasteiger partial charge in [0.05, 0.1) is 11.6 Å². The zero-order chi connectivity index (χ0) is 24.2. The van der Waals surface area contributed by atoms with Crippen LogP contribution in [-0.2, 0) is 0 Å². The number of pyridine rings is 1. The molecule has 8 nitrogen and oxygen atoms in total. The van der Waals surface area contributed by atoms with Crippen LogP contribution in [0.2, 0.25) is 0 Å². The van der Waals surface area contributed by atoms with Crippen LogP contribution < -0.4 is 21.1 Å². The minimum Gasteiger partial charge on any atom is -0.358 e. The predicted octanol–water partition coefficient (Wildman–Crippen LogP) is 2.88. The Kier molecular flexibility index (Phi) is 5.16. The van der Waals surface area contributed by atoms with Crippen molar-refractivity contribution < 1.29 is 14.0 Å². The Bertz CT molecular complexity index is 1270. The van der Waals surface area contributed by atoms with E-state index in [-0.39, 0.29) is 35.3 Å². The molecule has 0 saturated carbocycles. The Morgan fingerprint density at radius 3 is 2.71 bits per heavy atom. The van der Waals surface area contributed by atoms with Gasteiger partial charge < -0.3 is 25.4 Å². The van der Waals surface area contributed by atoms with Crippen molar-refractivity contribution in [2.75, 3.05) is 24.5 Å². The van der Waals surface area contributed by atoms with E-state index in [1.165, 1.54) is 12.1 Å². The molecule has 1 aromatic rings. The summed E-state index contributed by atoms with van der Waals surface area (Å²) in [7, 11) is 0. The Morgan fingerprint density at radius 2 is 1.89 bits per heavy atom. The topological polar surface area (TPSA) is 97.5 Å². The average Bonchev–Trinajstić information content (AvgIpc) is 3.26. The zero-order valence-electron chi connectivity index (χ0n) is 19.4. The van der Waals surface area contributed by atoms with Crippen molar-refractivity contribution >= 4 is 17.8 Å². The van der Waals surface area contributed by atoms with Gasteiger partial charge in [-0.1, -0.05) is 18.2 Å². The lowest BCUT2D eigenvalue weighted by molar-refractivity contribution is 0.0753. The Morgan fingerprint density at radius 1 is 1.09 bits per heavy atom. The molecule has 0 radical (unpaired) electrons. The second-order valence-electron chi connectivity index (χ2n) is 9.93. The molecule has 0 bridgehead atoms. The molecule has 1 spiro atoms. The standard InChI is InChI=1S/C26H28FN5O3/c27-18-5-6-21-16(13-18)7-10-32(21)24(34)17-14-22(29-23(33)15-17)31-11-8-26(9-12-31)19-3-1-2-4-20(19)28-25(35)30-26/h3-6,13-16,21H,1-2,7-12H2,(H,29,33)(H2,28,30,35). The molecule has 1 aromatic heterocycles. The van der Waals surface area contributed by atoms with Crippen LogP contribution in [-0.4, -0.2) is 53.0 Å². The summed E-state index contributed by atoms with van der Waals surface area (Å²) in [6, 6.07) is 2.71. The maximum Gasteiger partial charge on any atom is 0.319 e. The van der Waals surface area contributed by atoms with E-state index >= 15 is 0 Å². The fraction of sp³-hybridized carbons (Fsp3) is 0.423. The molecule has 2 unspecified atom stereocenters. The number of aromatic nitrogens is 1. The largest absolute Gasteiger partial charge is 0.358 e. The van der Waals surface area contributed by atoms with E-state index in [2.05, 4.69) is 32.7 Å². The van der Waals surface area contributed by atoms with Crippen LogP contribution in [0.3, 0.4) is 0 Å². The van der Waals surface area contributed by atoms with Crippen LogP contribution in [0, 0.1) is 5.92 Å². The lowest BCUT2D eigenvalue weighted by atomic mass is 9.76. The maximum atomic E-state index is 13.6. The van der Waals surface area contributed by atoms with Gasteiger partial charge in [-0.2, -0.15) is 0 Å². The highest BCUT2D eigenvalue weighted by molar-refractivity contribution is 5.95. The molecule has 2 atom stereocenters. The van der Waals surface area contributed by atoms with E-state index in [9.17, 15) is 18.8 Å². The first-order valence-electron chi connectivity index (χ1n) is 12.3. The van der Waals surface area contributed by atoms with Gasteiger partial charge in [-0.05, 0) is 55.9 Å². The van der Waals surface area contributed by atoms with Crippen LogP contribution in [0.15, 0.2) is 64.4 Å². The van der Waals surface area contributed by atoms with E-state index in [1.54, 1.807) is 23.1 Å². The van der Waals surface area contributed by atoms with Gasteiger partial charge in [-0.15, -0.1) is 0 Å². The van der Waals surface area contributed by atoms with Crippen molar-refractivity contribution in [1.82, 2.24) is 20.5 Å². The maximum absolute atomic E-state index is 13.6. The van der Waals surface area contributed by atoms with Gasteiger partial charge in [0.2, 0.25) is 5.56 Å². The number of nitrogens with zero attached hydrogens (tertiary/aromatic N) is 2. The van der Waals surface area contributed by atoms with Gasteiger partial charge in [-0.25, -0.2) is 9.18 Å². The van der Waals surface area contributed by atoms with E-state index in [4.69, 9.17) is 0 Å². The van der Waals surface area contributed by atoms with Crippen LogP contribution >= 0.6 is 0 Å². The number of likely N-dealkylation sites (tertiary alicyclic amines) is 1. The number of nitrogens with one attached hydrogen (secondary N) is 3. The van der Waals surface area contributed by atoms with Crippen molar-refractivity contribution in [2.24, 2.45) is 5.92 Å². The minimum atomic E-state index is -0.417. The third kappa shape index (κ3) is 3.79. The first-order chi connectivity index (χ1) is 16.9. The number of H-pyrrole nitrogens is 1. The summed E-state index contributed by atoms with van der Waals surface area (Å²) in [6.07, 6.45) is 13.0. The third-order valence-corrected chi connectivity index (χ3v) is 7.89. The third-order valence-electron chi connectivity index (χ3n) is 7.89. The summed E-state index contributed by atoms with van der Waals surface area (Å²) in [6.45, 7) is 1.77. The summed E-state index contributed by atoms with van der Waals surface area (Å²) < 4.78 is 13.6. The lowest BCUT2D eigenvalue weighted by Gasteiger charge is -2.48. The molecule has 5 aliphatic rings. The molecule has 3 saturated heterocycles. The van der Waals surface area contributed by atoms with Crippen LogP contribution in [0.4, 0.5) is 15.0 Å². The highest BCUT2D eigenvalue weighted by Crippen LogP contribution is 2.39. The van der Waals surface area contributed by atoms with Gasteiger partial charge in [0, 0.05) is 42.9 Å². The molecule has 3 amide bonds. The summed E-state index contributed by atoms with van der Waals surface area (Å²) in [5, 5.41) is 6.07. The molecule has 3 N–H and O–H groups in total. The van der Waals surface area contributed by atoms with Gasteiger partial charge in [0.25, 0.3) is 5.91 Å². The number of halogens is 1. The number of fused-ring (bicyclic) bond motifs is 3. The van der Waals surface area contributed by atoms with Crippen molar-refractivity contribution in [3.63, 3.8) is 0 Å². The van der Waals surface area contributed by atoms with Crippen molar-refractivity contribution in [3.8, 4) is 0 Å². The Balaban J connectivity index is 1.21. The fourth-order valence-corrected chi connectivity index (χ4v) is 6.15. The van der Waals surface area contributed by atoms with E-state index in [1.807, 2.05) is 0 Å². The number of rotatable bonds is 2. The van der Waals surface area contributed by atoms with Gasteiger partial charge in [0.1, 0.15) is 11.6 Å². The second-order valence-corrected chi connectivity index (χ2v) is 9.93. The molecule has 182 valence electrons. The number of urea groups is 1. The molecular weight excluding hydrogens is 449 g/mol. The number of amides is 3. The van der Waals surface area contributed by atoms with Crippen LogP contribution in [0.25, 0.3) is 0 Å². The number of anilines is 1. The van der Waals surface area contributed by atoms with E-state index < -0.39 is 5.54 Å². The molecule has 2 aliphatic carbocycles. The Hall–Kier alpha value is -3.62. The number of hydrogen-bond donors (Lipinski definition) is 3. The summed E-state index contributed by atoms with van der Waals surface area (Å²) in [5.41, 5.74) is 1.64. The summed E-state index contributed by atoms with van der Waals surface area (Å²) >= 11 is 0. The molecule has 3 fully saturated rings. The van der Waals surface area contributed by atoms with Gasteiger partial charge in [0.15, 0.2) is 0 Å². The highest BCUT2D eigenvalue weighted by atomic mass is 19.1. The molecule has 9 heteroatoms. The van der Waals surface area contributed by atoms with Crippen LogP contribution in [0.5, 0.6) is 0 Å². The number of carbonyl (C=O) groups excluding carboxylic acids is 2. The fourth-order valence-electron chi connectivity index (χ4n) is 6.15. The molecule has 35 heavy (non-hydrogen) atoms. The summed E-state index contributed by atoms with van der Waals surface area (Å²) in [4.78, 5) is 44.9. The molecule has 0 aromatic carbocycles. The Labute approximate surface area is 202 Å². The monoisotopic (exact) mass is 477 g/mol. The van der Waals surface area contributed by atoms with Crippen molar-refractivity contribution in [2.45, 2.75) is 43.7 Å². The van der Waals surface area contributed by atoms with E-state index in [0.29, 0.717) is 50.3 Å². The van der Waals surface area contributed by atoms with Crippen molar-refractivity contribution in [1.29, 1.82) is 0 Å². The number of piperidine rings is 1. The first kappa shape index (κ1) is 21.9. The molecular formula is C26H28FN5O3. The number of allylic oxidation sites excluding steroid dienone is 4.